The molecule has 0 fully saturated rings. The number of ether oxygens (including phenoxy) is 2. The van der Waals surface area contributed by atoms with Gasteiger partial charge >= 0.3 is 5.97 Å². The third-order valence-corrected chi connectivity index (χ3v) is 3.20. The summed E-state index contributed by atoms with van der Waals surface area (Å²) < 4.78 is 9.97. The third-order valence-electron chi connectivity index (χ3n) is 3.20. The normalized spacial score (nSPS) is 9.92. The molecule has 0 unspecified atom stereocenters. The van der Waals surface area contributed by atoms with Gasteiger partial charge < -0.3 is 14.8 Å². The Labute approximate surface area is 139 Å². The number of anilines is 1. The molecule has 124 valence electrons. The van der Waals surface area contributed by atoms with Crippen LogP contribution in [0.3, 0.4) is 0 Å². The Morgan fingerprint density at radius 3 is 2.33 bits per heavy atom. The molecule has 0 spiro atoms. The van der Waals surface area contributed by atoms with Gasteiger partial charge in [-0.1, -0.05) is 12.1 Å². The highest BCUT2D eigenvalue weighted by Gasteiger charge is 2.08. The van der Waals surface area contributed by atoms with Gasteiger partial charge in [-0.15, -0.1) is 0 Å². The fourth-order valence-corrected chi connectivity index (χ4v) is 1.96. The summed E-state index contributed by atoms with van der Waals surface area (Å²) >= 11 is 0. The zero-order valence-corrected chi connectivity index (χ0v) is 13.4. The lowest BCUT2D eigenvalue weighted by Crippen LogP contribution is -2.20. The summed E-state index contributed by atoms with van der Waals surface area (Å²) in [6.45, 7) is 1.27. The second-order valence-electron chi connectivity index (χ2n) is 4.99. The van der Waals surface area contributed by atoms with Gasteiger partial charge in [0, 0.05) is 11.3 Å². The lowest BCUT2D eigenvalue weighted by Gasteiger charge is -2.08. The van der Waals surface area contributed by atoms with Crippen molar-refractivity contribution in [1.29, 1.82) is 0 Å². The van der Waals surface area contributed by atoms with Crippen LogP contribution in [0.1, 0.15) is 27.6 Å². The first-order chi connectivity index (χ1) is 11.5. The fourth-order valence-electron chi connectivity index (χ4n) is 1.96. The molecule has 0 radical (unpaired) electrons. The second-order valence-corrected chi connectivity index (χ2v) is 4.99. The molecule has 0 aliphatic carbocycles. The summed E-state index contributed by atoms with van der Waals surface area (Å²) in [5.74, 6) is -0.426. The minimum absolute atomic E-state index is 0.0735. The van der Waals surface area contributed by atoms with E-state index in [0.717, 1.165) is 0 Å². The van der Waals surface area contributed by atoms with Gasteiger partial charge in [-0.3, -0.25) is 9.59 Å². The standard InChI is InChI=1S/C18H17NO5/c1-12(20)14-4-3-5-16(10-14)24-11-17(21)19-15-8-6-13(7-9-15)18(22)23-2/h3-10H,11H2,1-2H3,(H,19,21). The van der Waals surface area contributed by atoms with Crippen LogP contribution in [0.5, 0.6) is 5.75 Å². The van der Waals surface area contributed by atoms with E-state index in [2.05, 4.69) is 10.1 Å². The van der Waals surface area contributed by atoms with Gasteiger partial charge in [0.15, 0.2) is 12.4 Å². The maximum absolute atomic E-state index is 11.9. The van der Waals surface area contributed by atoms with Gasteiger partial charge in [0.25, 0.3) is 5.91 Å². The number of carbonyl (C=O) groups is 3. The first-order valence-electron chi connectivity index (χ1n) is 7.21. The average Bonchev–Trinajstić information content (AvgIpc) is 2.60. The number of hydrogen-bond donors (Lipinski definition) is 1. The molecule has 0 aliphatic heterocycles. The molecule has 0 saturated heterocycles. The Hall–Kier alpha value is -3.15. The zero-order chi connectivity index (χ0) is 17.5. The van der Waals surface area contributed by atoms with Crippen LogP contribution in [0.25, 0.3) is 0 Å². The number of Topliss-reactive ketones (excluding diaryl/α,β-unsaturated/α-hetero) is 1. The SMILES string of the molecule is COC(=O)c1ccc(NC(=O)COc2cccc(C(C)=O)c2)cc1. The van der Waals surface area contributed by atoms with E-state index in [0.29, 0.717) is 22.6 Å². The Bertz CT molecular complexity index is 752. The molecule has 1 N–H and O–H groups in total. The quantitative estimate of drug-likeness (QED) is 0.651. The molecule has 0 atom stereocenters. The molecule has 0 saturated carbocycles. The smallest absolute Gasteiger partial charge is 0.337 e. The van der Waals surface area contributed by atoms with E-state index in [1.165, 1.54) is 14.0 Å². The van der Waals surface area contributed by atoms with Crippen LogP contribution in [-0.4, -0.2) is 31.4 Å². The van der Waals surface area contributed by atoms with Crippen molar-refractivity contribution in [2.45, 2.75) is 6.92 Å². The summed E-state index contributed by atoms with van der Waals surface area (Å²) in [4.78, 5) is 34.5. The predicted molar refractivity (Wildman–Crippen MR) is 88.4 cm³/mol. The zero-order valence-electron chi connectivity index (χ0n) is 13.4. The monoisotopic (exact) mass is 327 g/mol. The van der Waals surface area contributed by atoms with Gasteiger partial charge in [-0.2, -0.15) is 0 Å². The van der Waals surface area contributed by atoms with Crippen molar-refractivity contribution in [2.75, 3.05) is 19.0 Å². The van der Waals surface area contributed by atoms with Crippen LogP contribution < -0.4 is 10.1 Å². The van der Waals surface area contributed by atoms with Crippen LogP contribution in [0, 0.1) is 0 Å². The van der Waals surface area contributed by atoms with Gasteiger partial charge in [0.1, 0.15) is 5.75 Å². The van der Waals surface area contributed by atoms with Crippen molar-refractivity contribution in [3.8, 4) is 5.75 Å². The minimum Gasteiger partial charge on any atom is -0.484 e. The Morgan fingerprint density at radius 1 is 1.00 bits per heavy atom. The van der Waals surface area contributed by atoms with Crippen LogP contribution in [0.4, 0.5) is 5.69 Å². The summed E-state index contributed by atoms with van der Waals surface area (Å²) in [5, 5.41) is 2.65. The number of benzene rings is 2. The Kier molecular flexibility index (Phi) is 5.68. The van der Waals surface area contributed by atoms with Crippen LogP contribution >= 0.6 is 0 Å². The van der Waals surface area contributed by atoms with Gasteiger partial charge in [0.05, 0.1) is 12.7 Å². The van der Waals surface area contributed by atoms with E-state index in [4.69, 9.17) is 4.74 Å². The maximum Gasteiger partial charge on any atom is 0.337 e. The summed E-state index contributed by atoms with van der Waals surface area (Å²) in [5.41, 5.74) is 1.45. The number of methoxy groups -OCH3 is 1. The molecule has 6 nitrogen and oxygen atoms in total. The molecule has 2 aromatic carbocycles. The van der Waals surface area contributed by atoms with E-state index in [9.17, 15) is 14.4 Å². The molecule has 0 aromatic heterocycles. The highest BCUT2D eigenvalue weighted by Crippen LogP contribution is 2.14. The topological polar surface area (TPSA) is 81.7 Å². The second kappa shape index (κ2) is 7.92. The van der Waals surface area contributed by atoms with Gasteiger partial charge in [-0.25, -0.2) is 4.79 Å². The van der Waals surface area contributed by atoms with E-state index in [1.807, 2.05) is 0 Å². The Morgan fingerprint density at radius 2 is 1.71 bits per heavy atom. The molecule has 0 bridgehead atoms. The van der Waals surface area contributed by atoms with Crippen LogP contribution in [-0.2, 0) is 9.53 Å². The molecule has 24 heavy (non-hydrogen) atoms. The molecular formula is C18H17NO5. The summed E-state index contributed by atoms with van der Waals surface area (Å²) in [7, 11) is 1.30. The van der Waals surface area contributed by atoms with Crippen molar-refractivity contribution < 1.29 is 23.9 Å². The lowest BCUT2D eigenvalue weighted by atomic mass is 10.1. The highest BCUT2D eigenvalue weighted by atomic mass is 16.5. The number of nitrogens with one attached hydrogen (secondary N) is 1. The molecule has 2 rings (SSSR count). The van der Waals surface area contributed by atoms with E-state index in [1.54, 1.807) is 48.5 Å². The molecule has 0 aliphatic rings. The number of rotatable bonds is 6. The van der Waals surface area contributed by atoms with Crippen LogP contribution in [0.15, 0.2) is 48.5 Å². The number of ketones is 1. The van der Waals surface area contributed by atoms with Crippen molar-refractivity contribution in [3.63, 3.8) is 0 Å². The molecular weight excluding hydrogens is 310 g/mol. The molecule has 6 heteroatoms. The fraction of sp³-hybridized carbons (Fsp3) is 0.167. The first-order valence-corrected chi connectivity index (χ1v) is 7.21. The maximum atomic E-state index is 11.9. The molecule has 0 heterocycles. The van der Waals surface area contributed by atoms with Crippen LogP contribution in [0.2, 0.25) is 0 Å². The van der Waals surface area contributed by atoms with Crippen molar-refractivity contribution >= 4 is 23.3 Å². The van der Waals surface area contributed by atoms with E-state index < -0.39 is 5.97 Å². The lowest BCUT2D eigenvalue weighted by molar-refractivity contribution is -0.118. The average molecular weight is 327 g/mol. The highest BCUT2D eigenvalue weighted by molar-refractivity contribution is 5.95. The van der Waals surface area contributed by atoms with Crippen molar-refractivity contribution in [1.82, 2.24) is 0 Å². The first kappa shape index (κ1) is 17.2. The van der Waals surface area contributed by atoms with Crippen molar-refractivity contribution in [2.24, 2.45) is 0 Å². The largest absolute Gasteiger partial charge is 0.484 e. The third kappa shape index (κ3) is 4.67. The summed E-state index contributed by atoms with van der Waals surface area (Å²) in [6, 6.07) is 12.9. The van der Waals surface area contributed by atoms with Crippen molar-refractivity contribution in [3.05, 3.63) is 59.7 Å². The minimum atomic E-state index is -0.443. The number of amides is 1. The molecule has 2 aromatic rings. The molecule has 1 amide bonds. The number of carbonyl (C=O) groups excluding carboxylic acids is 3. The predicted octanol–water partition coefficient (Wildman–Crippen LogP) is 2.69. The van der Waals surface area contributed by atoms with Gasteiger partial charge in [0.2, 0.25) is 0 Å². The number of esters is 1. The van der Waals surface area contributed by atoms with Gasteiger partial charge in [-0.05, 0) is 43.3 Å². The summed E-state index contributed by atoms with van der Waals surface area (Å²) in [6.07, 6.45) is 0. The van der Waals surface area contributed by atoms with E-state index in [-0.39, 0.29) is 18.3 Å². The number of hydrogen-bond acceptors (Lipinski definition) is 5. The Balaban J connectivity index is 1.90. The van der Waals surface area contributed by atoms with E-state index >= 15 is 0 Å².